The van der Waals surface area contributed by atoms with Gasteiger partial charge in [0.05, 0.1) is 6.10 Å². The minimum atomic E-state index is -0.165. The average molecular weight is 216 g/mol. The van der Waals surface area contributed by atoms with E-state index in [1.165, 1.54) is 32.1 Å². The van der Waals surface area contributed by atoms with Gasteiger partial charge in [-0.05, 0) is 25.7 Å². The van der Waals surface area contributed by atoms with Gasteiger partial charge in [-0.25, -0.2) is 0 Å². The summed E-state index contributed by atoms with van der Waals surface area (Å²) in [6, 6.07) is 0. The van der Waals surface area contributed by atoms with Gasteiger partial charge in [-0.3, -0.25) is 0 Å². The van der Waals surface area contributed by atoms with E-state index in [2.05, 4.69) is 13.8 Å². The Morgan fingerprint density at radius 1 is 1.07 bits per heavy atom. The lowest BCUT2D eigenvalue weighted by atomic mass is 10.0. The molecule has 0 heterocycles. The molecule has 0 saturated heterocycles. The second-order valence-electron chi connectivity index (χ2n) is 4.85. The summed E-state index contributed by atoms with van der Waals surface area (Å²) in [7, 11) is 0. The van der Waals surface area contributed by atoms with Crippen LogP contribution in [0.4, 0.5) is 0 Å². The van der Waals surface area contributed by atoms with Gasteiger partial charge in [-0.1, -0.05) is 33.1 Å². The van der Waals surface area contributed by atoms with Gasteiger partial charge in [-0.2, -0.15) is 11.8 Å². The van der Waals surface area contributed by atoms with E-state index >= 15 is 0 Å². The van der Waals surface area contributed by atoms with Crippen molar-refractivity contribution in [3.05, 3.63) is 0 Å². The molecule has 0 aromatic carbocycles. The van der Waals surface area contributed by atoms with Crippen molar-refractivity contribution in [1.82, 2.24) is 0 Å². The van der Waals surface area contributed by atoms with Crippen molar-refractivity contribution in [2.45, 2.75) is 69.5 Å². The minimum absolute atomic E-state index is 0.165. The molecule has 0 aliphatic heterocycles. The van der Waals surface area contributed by atoms with Crippen LogP contribution in [-0.2, 0) is 0 Å². The minimum Gasteiger partial charge on any atom is -0.392 e. The van der Waals surface area contributed by atoms with E-state index in [9.17, 15) is 5.11 Å². The summed E-state index contributed by atoms with van der Waals surface area (Å²) in [6.07, 6.45) is 6.76. The molecule has 1 fully saturated rings. The van der Waals surface area contributed by atoms with Crippen molar-refractivity contribution in [2.24, 2.45) is 5.92 Å². The highest BCUT2D eigenvalue weighted by Crippen LogP contribution is 2.34. The molecule has 1 aliphatic rings. The Morgan fingerprint density at radius 2 is 1.64 bits per heavy atom. The zero-order valence-corrected chi connectivity index (χ0v) is 10.5. The Bertz CT molecular complexity index is 142. The highest BCUT2D eigenvalue weighted by atomic mass is 32.2. The van der Waals surface area contributed by atoms with Gasteiger partial charge in [0.25, 0.3) is 0 Å². The first-order chi connectivity index (χ1) is 6.61. The van der Waals surface area contributed by atoms with Gasteiger partial charge < -0.3 is 5.11 Å². The number of thioether (sulfide) groups is 1. The fraction of sp³-hybridized carbons (Fsp3) is 1.00. The topological polar surface area (TPSA) is 20.2 Å². The summed E-state index contributed by atoms with van der Waals surface area (Å²) in [5.74, 6) is 0.585. The number of rotatable bonds is 4. The van der Waals surface area contributed by atoms with Crippen molar-refractivity contribution in [3.63, 3.8) is 0 Å². The molecule has 0 bridgehead atoms. The van der Waals surface area contributed by atoms with Crippen LogP contribution >= 0.6 is 11.8 Å². The van der Waals surface area contributed by atoms with Crippen molar-refractivity contribution < 1.29 is 5.11 Å². The average Bonchev–Trinajstić information content (AvgIpc) is 2.15. The molecule has 1 rings (SSSR count). The van der Waals surface area contributed by atoms with Crippen LogP contribution in [0.2, 0.25) is 0 Å². The number of aliphatic hydroxyl groups is 1. The lowest BCUT2D eigenvalue weighted by molar-refractivity contribution is 0.174. The van der Waals surface area contributed by atoms with Crippen LogP contribution in [0.25, 0.3) is 0 Å². The summed E-state index contributed by atoms with van der Waals surface area (Å²) >= 11 is 2.03. The summed E-state index contributed by atoms with van der Waals surface area (Å²) in [6.45, 7) is 6.36. The molecular formula is C12H24OS. The Hall–Kier alpha value is 0.310. The molecule has 14 heavy (non-hydrogen) atoms. The van der Waals surface area contributed by atoms with Crippen molar-refractivity contribution in [2.75, 3.05) is 0 Å². The van der Waals surface area contributed by atoms with Gasteiger partial charge in [0.1, 0.15) is 0 Å². The number of hydrogen-bond donors (Lipinski definition) is 1. The SMILES string of the molecule is CC(C)[C@@H](SC1CCCCC1)[C@@H](C)O. The van der Waals surface area contributed by atoms with Crippen LogP contribution in [0.15, 0.2) is 0 Å². The summed E-state index contributed by atoms with van der Waals surface area (Å²) in [5.41, 5.74) is 0. The maximum atomic E-state index is 9.69. The van der Waals surface area contributed by atoms with Gasteiger partial charge in [-0.15, -0.1) is 0 Å². The highest BCUT2D eigenvalue weighted by Gasteiger charge is 2.24. The molecule has 1 nitrogen and oxygen atoms in total. The van der Waals surface area contributed by atoms with E-state index in [4.69, 9.17) is 0 Å². The Morgan fingerprint density at radius 3 is 2.07 bits per heavy atom. The zero-order valence-electron chi connectivity index (χ0n) is 9.70. The van der Waals surface area contributed by atoms with Gasteiger partial charge in [0.15, 0.2) is 0 Å². The van der Waals surface area contributed by atoms with E-state index in [0.29, 0.717) is 11.2 Å². The maximum absolute atomic E-state index is 9.69. The fourth-order valence-electron chi connectivity index (χ4n) is 2.25. The third kappa shape index (κ3) is 3.82. The first-order valence-electron chi connectivity index (χ1n) is 5.94. The van der Waals surface area contributed by atoms with Crippen LogP contribution in [0.3, 0.4) is 0 Å². The monoisotopic (exact) mass is 216 g/mol. The highest BCUT2D eigenvalue weighted by molar-refractivity contribution is 8.00. The molecule has 1 saturated carbocycles. The van der Waals surface area contributed by atoms with E-state index in [0.717, 1.165) is 5.25 Å². The lowest BCUT2D eigenvalue weighted by Crippen LogP contribution is -2.28. The fourth-order valence-corrected chi connectivity index (χ4v) is 3.84. The standard InChI is InChI=1S/C12H24OS/c1-9(2)12(10(3)13)14-11-7-5-4-6-8-11/h9-13H,4-8H2,1-3H3/t10-,12-/m1/s1. The van der Waals surface area contributed by atoms with Gasteiger partial charge in [0.2, 0.25) is 0 Å². The van der Waals surface area contributed by atoms with Gasteiger partial charge >= 0.3 is 0 Å². The molecule has 0 amide bonds. The number of hydrogen-bond acceptors (Lipinski definition) is 2. The molecule has 0 aromatic heterocycles. The predicted octanol–water partition coefficient (Wildman–Crippen LogP) is 3.46. The number of aliphatic hydroxyl groups excluding tert-OH is 1. The first kappa shape index (κ1) is 12.4. The third-order valence-corrected chi connectivity index (χ3v) is 5.14. The smallest absolute Gasteiger partial charge is 0.0633 e. The Kier molecular flexibility index (Phi) is 5.32. The van der Waals surface area contributed by atoms with Crippen LogP contribution in [0, 0.1) is 5.92 Å². The molecule has 0 aromatic rings. The first-order valence-corrected chi connectivity index (χ1v) is 6.89. The van der Waals surface area contributed by atoms with Crippen LogP contribution < -0.4 is 0 Å². The second kappa shape index (κ2) is 6.02. The largest absolute Gasteiger partial charge is 0.392 e. The summed E-state index contributed by atoms with van der Waals surface area (Å²) in [5, 5.41) is 10.9. The van der Waals surface area contributed by atoms with E-state index in [1.54, 1.807) is 0 Å². The van der Waals surface area contributed by atoms with E-state index in [-0.39, 0.29) is 6.10 Å². The van der Waals surface area contributed by atoms with Gasteiger partial charge in [0, 0.05) is 10.5 Å². The van der Waals surface area contributed by atoms with Crippen molar-refractivity contribution >= 4 is 11.8 Å². The zero-order chi connectivity index (χ0) is 10.6. The van der Waals surface area contributed by atoms with E-state index in [1.807, 2.05) is 18.7 Å². The summed E-state index contributed by atoms with van der Waals surface area (Å²) in [4.78, 5) is 0. The Balaban J connectivity index is 2.37. The molecule has 1 aliphatic carbocycles. The maximum Gasteiger partial charge on any atom is 0.0633 e. The summed E-state index contributed by atoms with van der Waals surface area (Å²) < 4.78 is 0. The normalized spacial score (nSPS) is 23.8. The molecule has 1 N–H and O–H groups in total. The molecule has 0 radical (unpaired) electrons. The molecule has 84 valence electrons. The molecule has 0 unspecified atom stereocenters. The Labute approximate surface area is 92.7 Å². The van der Waals surface area contributed by atoms with Crippen LogP contribution in [0.5, 0.6) is 0 Å². The third-order valence-electron chi connectivity index (χ3n) is 3.03. The second-order valence-corrected chi connectivity index (χ2v) is 6.33. The van der Waals surface area contributed by atoms with Crippen LogP contribution in [0.1, 0.15) is 52.9 Å². The van der Waals surface area contributed by atoms with E-state index < -0.39 is 0 Å². The lowest BCUT2D eigenvalue weighted by Gasteiger charge is -2.30. The quantitative estimate of drug-likeness (QED) is 0.776. The molecule has 0 spiro atoms. The van der Waals surface area contributed by atoms with Crippen molar-refractivity contribution in [3.8, 4) is 0 Å². The van der Waals surface area contributed by atoms with Crippen molar-refractivity contribution in [1.29, 1.82) is 0 Å². The van der Waals surface area contributed by atoms with Crippen LogP contribution in [-0.4, -0.2) is 21.7 Å². The predicted molar refractivity (Wildman–Crippen MR) is 64.8 cm³/mol. The molecule has 2 atom stereocenters. The molecule has 2 heteroatoms. The molecular weight excluding hydrogens is 192 g/mol.